The number of halogens is 3. The Balaban J connectivity index is 0.000000360. The second kappa shape index (κ2) is 9.57. The molecule has 4 rings (SSSR count). The maximum Gasteiger partial charge on any atom is 0.490 e. The first-order valence-corrected chi connectivity index (χ1v) is 11.1. The summed E-state index contributed by atoms with van der Waals surface area (Å²) in [7, 11) is 0. The zero-order valence-corrected chi connectivity index (χ0v) is 18.8. The molecule has 2 atom stereocenters. The molecule has 1 fully saturated rings. The van der Waals surface area contributed by atoms with Gasteiger partial charge in [-0.05, 0) is 44.7 Å². The molecule has 8 nitrogen and oxygen atoms in total. The number of thiophene rings is 1. The number of amides is 1. The van der Waals surface area contributed by atoms with Gasteiger partial charge in [0.05, 0.1) is 0 Å². The van der Waals surface area contributed by atoms with Gasteiger partial charge >= 0.3 is 12.1 Å². The Labute approximate surface area is 187 Å². The van der Waals surface area contributed by atoms with Crippen LogP contribution in [0.2, 0.25) is 0 Å². The van der Waals surface area contributed by atoms with Crippen molar-refractivity contribution in [3.8, 4) is 0 Å². The number of fused-ring (bicyclic) bond motifs is 2. The molecule has 0 spiro atoms. The first-order valence-electron chi connectivity index (χ1n) is 10.2. The van der Waals surface area contributed by atoms with Crippen molar-refractivity contribution in [2.45, 2.75) is 52.5 Å². The number of aromatic nitrogens is 3. The zero-order chi connectivity index (χ0) is 23.6. The molecule has 12 heteroatoms. The molecule has 1 saturated heterocycles. The third-order valence-corrected chi connectivity index (χ3v) is 6.37. The van der Waals surface area contributed by atoms with Gasteiger partial charge in [-0.2, -0.15) is 13.2 Å². The van der Waals surface area contributed by atoms with E-state index < -0.39 is 12.1 Å². The first-order chi connectivity index (χ1) is 14.9. The Morgan fingerprint density at radius 1 is 1.22 bits per heavy atom. The predicted molar refractivity (Wildman–Crippen MR) is 111 cm³/mol. The van der Waals surface area contributed by atoms with E-state index in [1.54, 1.807) is 0 Å². The molecular formula is C20H26F3N5O3S. The molecule has 176 valence electrons. The van der Waals surface area contributed by atoms with Gasteiger partial charge in [0.2, 0.25) is 5.82 Å². The van der Waals surface area contributed by atoms with Gasteiger partial charge in [0.1, 0.15) is 5.82 Å². The molecular weight excluding hydrogens is 447 g/mol. The fourth-order valence-corrected chi connectivity index (χ4v) is 4.97. The highest BCUT2D eigenvalue weighted by atomic mass is 32.1. The Bertz CT molecular complexity index is 972. The standard InChI is InChI=1S/C18H25N5OS.C2HF3O2/c1-11(2)19-18(24)17-21-20-16-6-13-7-22(8-14(13)9-23(16)17)10-15-5-4-12(3)25-15;3-2(4,5)1(6)7/h4-5,11,13-14H,6-10H2,1-3H3,(H,19,24);(H,6,7). The van der Waals surface area contributed by atoms with E-state index in [4.69, 9.17) is 9.90 Å². The van der Waals surface area contributed by atoms with Crippen molar-refractivity contribution in [1.82, 2.24) is 25.0 Å². The quantitative estimate of drug-likeness (QED) is 0.708. The third kappa shape index (κ3) is 5.85. The fraction of sp³-hybridized carbons (Fsp3) is 0.600. The monoisotopic (exact) mass is 473 g/mol. The van der Waals surface area contributed by atoms with Gasteiger partial charge in [0.25, 0.3) is 5.91 Å². The number of nitrogens with zero attached hydrogens (tertiary/aromatic N) is 4. The lowest BCUT2D eigenvalue weighted by atomic mass is 9.89. The highest BCUT2D eigenvalue weighted by Gasteiger charge is 2.39. The number of aliphatic carboxylic acids is 1. The van der Waals surface area contributed by atoms with Gasteiger partial charge in [0.15, 0.2) is 0 Å². The number of carbonyl (C=O) groups is 2. The minimum atomic E-state index is -5.08. The molecule has 0 aliphatic carbocycles. The Morgan fingerprint density at radius 2 is 1.88 bits per heavy atom. The number of hydrogen-bond acceptors (Lipinski definition) is 6. The maximum atomic E-state index is 12.3. The summed E-state index contributed by atoms with van der Waals surface area (Å²) in [5.41, 5.74) is 0. The van der Waals surface area contributed by atoms with Crippen molar-refractivity contribution in [3.63, 3.8) is 0 Å². The summed E-state index contributed by atoms with van der Waals surface area (Å²) >= 11 is 1.89. The van der Waals surface area contributed by atoms with Crippen LogP contribution in [0.25, 0.3) is 0 Å². The lowest BCUT2D eigenvalue weighted by Crippen LogP contribution is -2.35. The van der Waals surface area contributed by atoms with E-state index in [0.717, 1.165) is 38.4 Å². The topological polar surface area (TPSA) is 100 Å². The second-order valence-electron chi connectivity index (χ2n) is 8.41. The fourth-order valence-electron chi connectivity index (χ4n) is 4.04. The van der Waals surface area contributed by atoms with Gasteiger partial charge in [-0.25, -0.2) is 4.79 Å². The normalized spacial score (nSPS) is 20.3. The van der Waals surface area contributed by atoms with Crippen LogP contribution in [0.3, 0.4) is 0 Å². The Kier molecular flexibility index (Phi) is 7.23. The van der Waals surface area contributed by atoms with Crippen molar-refractivity contribution in [1.29, 1.82) is 0 Å². The van der Waals surface area contributed by atoms with Gasteiger partial charge in [-0.3, -0.25) is 9.69 Å². The summed E-state index contributed by atoms with van der Waals surface area (Å²) in [4.78, 5) is 26.6. The number of rotatable bonds is 4. The van der Waals surface area contributed by atoms with E-state index in [1.807, 2.05) is 29.8 Å². The molecule has 0 saturated carbocycles. The highest BCUT2D eigenvalue weighted by molar-refractivity contribution is 7.11. The molecule has 0 radical (unpaired) electrons. The average molecular weight is 474 g/mol. The lowest BCUT2D eigenvalue weighted by Gasteiger charge is -2.25. The van der Waals surface area contributed by atoms with E-state index >= 15 is 0 Å². The molecule has 2 aliphatic heterocycles. The number of carbonyl (C=O) groups excluding carboxylic acids is 1. The molecule has 4 heterocycles. The zero-order valence-electron chi connectivity index (χ0n) is 18.0. The van der Waals surface area contributed by atoms with Crippen LogP contribution < -0.4 is 5.32 Å². The summed E-state index contributed by atoms with van der Waals surface area (Å²) in [6.07, 6.45) is -4.16. The van der Waals surface area contributed by atoms with Crippen LogP contribution in [0.1, 0.15) is 40.0 Å². The Hall–Kier alpha value is -2.47. The van der Waals surface area contributed by atoms with Crippen molar-refractivity contribution in [2.75, 3.05) is 13.1 Å². The smallest absolute Gasteiger partial charge is 0.475 e. The lowest BCUT2D eigenvalue weighted by molar-refractivity contribution is -0.192. The molecule has 32 heavy (non-hydrogen) atoms. The van der Waals surface area contributed by atoms with Crippen LogP contribution in [-0.4, -0.2) is 62.0 Å². The average Bonchev–Trinajstić information content (AvgIpc) is 3.36. The van der Waals surface area contributed by atoms with E-state index in [2.05, 4.69) is 39.5 Å². The minimum absolute atomic E-state index is 0.105. The van der Waals surface area contributed by atoms with Crippen LogP contribution >= 0.6 is 11.3 Å². The van der Waals surface area contributed by atoms with E-state index in [9.17, 15) is 18.0 Å². The molecule has 1 amide bonds. The largest absolute Gasteiger partial charge is 0.490 e. The summed E-state index contributed by atoms with van der Waals surface area (Å²) in [6.45, 7) is 10.2. The molecule has 2 aromatic heterocycles. The highest BCUT2D eigenvalue weighted by Crippen LogP contribution is 2.33. The maximum absolute atomic E-state index is 12.3. The van der Waals surface area contributed by atoms with Crippen LogP contribution in [-0.2, 0) is 24.3 Å². The number of alkyl halides is 3. The molecule has 2 aromatic rings. The van der Waals surface area contributed by atoms with Crippen molar-refractivity contribution >= 4 is 23.2 Å². The summed E-state index contributed by atoms with van der Waals surface area (Å²) in [6, 6.07) is 4.54. The number of carboxylic acid groups (broad SMARTS) is 1. The molecule has 2 aliphatic rings. The van der Waals surface area contributed by atoms with E-state index in [-0.39, 0.29) is 11.9 Å². The number of likely N-dealkylation sites (tertiary alicyclic amines) is 1. The SMILES string of the molecule is Cc1ccc(CN2CC3Cc4nnc(C(=O)NC(C)C)n4CC3C2)s1.O=C(O)C(F)(F)F. The van der Waals surface area contributed by atoms with Gasteiger partial charge < -0.3 is 15.0 Å². The van der Waals surface area contributed by atoms with Crippen molar-refractivity contribution < 1.29 is 27.9 Å². The van der Waals surface area contributed by atoms with Crippen LogP contribution in [0.5, 0.6) is 0 Å². The summed E-state index contributed by atoms with van der Waals surface area (Å²) < 4.78 is 33.8. The van der Waals surface area contributed by atoms with Crippen molar-refractivity contribution in [2.24, 2.45) is 11.8 Å². The Morgan fingerprint density at radius 3 is 2.44 bits per heavy atom. The second-order valence-corrected chi connectivity index (χ2v) is 9.78. The predicted octanol–water partition coefficient (Wildman–Crippen LogP) is 2.72. The molecule has 2 N–H and O–H groups in total. The third-order valence-electron chi connectivity index (χ3n) is 5.38. The molecule has 0 bridgehead atoms. The number of aryl methyl sites for hydroxylation is 1. The molecule has 2 unspecified atom stereocenters. The summed E-state index contributed by atoms with van der Waals surface area (Å²) in [5, 5.41) is 18.5. The van der Waals surface area contributed by atoms with E-state index in [0.29, 0.717) is 17.7 Å². The first kappa shape index (κ1) is 24.2. The number of carboxylic acids is 1. The summed E-state index contributed by atoms with van der Waals surface area (Å²) in [5.74, 6) is -0.240. The van der Waals surface area contributed by atoms with Gasteiger partial charge in [0, 0.05) is 48.4 Å². The minimum Gasteiger partial charge on any atom is -0.475 e. The number of hydrogen-bond donors (Lipinski definition) is 2. The molecule has 0 aromatic carbocycles. The van der Waals surface area contributed by atoms with Crippen LogP contribution in [0.15, 0.2) is 12.1 Å². The van der Waals surface area contributed by atoms with Crippen molar-refractivity contribution in [3.05, 3.63) is 33.5 Å². The van der Waals surface area contributed by atoms with Gasteiger partial charge in [-0.15, -0.1) is 21.5 Å². The van der Waals surface area contributed by atoms with Gasteiger partial charge in [-0.1, -0.05) is 0 Å². The van der Waals surface area contributed by atoms with E-state index in [1.165, 1.54) is 9.75 Å². The van der Waals surface area contributed by atoms with Crippen LogP contribution in [0.4, 0.5) is 13.2 Å². The number of nitrogens with one attached hydrogen (secondary N) is 1. The van der Waals surface area contributed by atoms with Crippen LogP contribution in [0, 0.1) is 18.8 Å².